The quantitative estimate of drug-likeness (QED) is 0.461. The lowest BCUT2D eigenvalue weighted by atomic mass is 9.92. The number of carboxylic acids is 1. The molecule has 1 aliphatic rings. The molecule has 32 heavy (non-hydrogen) atoms. The summed E-state index contributed by atoms with van der Waals surface area (Å²) in [7, 11) is 1.82. The third kappa shape index (κ3) is 3.19. The molecule has 2 aromatic carbocycles. The fourth-order valence-electron chi connectivity index (χ4n) is 4.30. The lowest BCUT2D eigenvalue weighted by Gasteiger charge is -2.36. The SMILES string of the molecule is Cc1cc2c(cc1-c1cnn(C)c1)CC(F)C(F)N2c1nc(C(=O)O)cc2ccccc12. The zero-order valence-corrected chi connectivity index (χ0v) is 17.5. The van der Waals surface area contributed by atoms with Gasteiger partial charge in [0, 0.05) is 36.3 Å². The van der Waals surface area contributed by atoms with Crippen LogP contribution in [0.15, 0.2) is 54.9 Å². The van der Waals surface area contributed by atoms with Crippen LogP contribution in [0, 0.1) is 6.92 Å². The molecule has 2 aromatic heterocycles. The molecule has 0 saturated carbocycles. The number of nitrogens with zero attached hydrogens (tertiary/aromatic N) is 4. The van der Waals surface area contributed by atoms with Crippen LogP contribution in [-0.4, -0.2) is 38.3 Å². The van der Waals surface area contributed by atoms with Crippen molar-refractivity contribution < 1.29 is 18.7 Å². The van der Waals surface area contributed by atoms with Gasteiger partial charge in [-0.05, 0) is 47.2 Å². The molecule has 5 rings (SSSR count). The number of alkyl halides is 2. The van der Waals surface area contributed by atoms with Gasteiger partial charge in [-0.3, -0.25) is 9.58 Å². The van der Waals surface area contributed by atoms with Crippen molar-refractivity contribution >= 4 is 28.2 Å². The van der Waals surface area contributed by atoms with Gasteiger partial charge in [-0.2, -0.15) is 5.10 Å². The number of pyridine rings is 1. The minimum absolute atomic E-state index is 0.0862. The van der Waals surface area contributed by atoms with Crippen molar-refractivity contribution in [3.05, 3.63) is 71.7 Å². The second-order valence-electron chi connectivity index (χ2n) is 8.02. The second kappa shape index (κ2) is 7.40. The van der Waals surface area contributed by atoms with E-state index in [-0.39, 0.29) is 17.9 Å². The maximum absolute atomic E-state index is 15.4. The molecule has 0 radical (unpaired) electrons. The summed E-state index contributed by atoms with van der Waals surface area (Å²) in [5.41, 5.74) is 3.52. The molecular weight excluding hydrogens is 414 g/mol. The minimum atomic E-state index is -1.99. The Balaban J connectivity index is 1.75. The van der Waals surface area contributed by atoms with Gasteiger partial charge in [0.2, 0.25) is 6.30 Å². The Kier molecular flexibility index (Phi) is 4.65. The van der Waals surface area contributed by atoms with Crippen LogP contribution in [-0.2, 0) is 13.5 Å². The van der Waals surface area contributed by atoms with E-state index in [0.29, 0.717) is 22.0 Å². The molecule has 0 saturated heterocycles. The first-order valence-corrected chi connectivity index (χ1v) is 10.2. The first-order chi connectivity index (χ1) is 15.3. The molecule has 1 N–H and O–H groups in total. The van der Waals surface area contributed by atoms with E-state index in [0.717, 1.165) is 16.7 Å². The molecule has 3 heterocycles. The van der Waals surface area contributed by atoms with Crippen LogP contribution < -0.4 is 4.90 Å². The summed E-state index contributed by atoms with van der Waals surface area (Å²) in [6.07, 6.45) is -0.277. The molecule has 0 fully saturated rings. The number of halogens is 2. The third-order valence-electron chi connectivity index (χ3n) is 5.83. The molecule has 0 spiro atoms. The average molecular weight is 434 g/mol. The van der Waals surface area contributed by atoms with Crippen LogP contribution in [0.3, 0.4) is 0 Å². The van der Waals surface area contributed by atoms with Gasteiger partial charge in [0.1, 0.15) is 5.82 Å². The number of carboxylic acid groups (broad SMARTS) is 1. The van der Waals surface area contributed by atoms with Crippen molar-refractivity contribution in [2.75, 3.05) is 4.90 Å². The van der Waals surface area contributed by atoms with Gasteiger partial charge in [0.15, 0.2) is 11.9 Å². The van der Waals surface area contributed by atoms with E-state index in [1.807, 2.05) is 26.2 Å². The number of benzene rings is 2. The van der Waals surface area contributed by atoms with E-state index in [1.165, 1.54) is 11.0 Å². The van der Waals surface area contributed by atoms with Gasteiger partial charge in [0.05, 0.1) is 6.20 Å². The van der Waals surface area contributed by atoms with E-state index in [1.54, 1.807) is 41.2 Å². The number of aromatic nitrogens is 3. The average Bonchev–Trinajstić information content (AvgIpc) is 3.20. The number of aromatic carboxylic acids is 1. The van der Waals surface area contributed by atoms with Crippen LogP contribution in [0.2, 0.25) is 0 Å². The topological polar surface area (TPSA) is 71.2 Å². The highest BCUT2D eigenvalue weighted by atomic mass is 19.2. The fourth-order valence-corrected chi connectivity index (χ4v) is 4.30. The maximum atomic E-state index is 15.4. The molecule has 6 nitrogen and oxygen atoms in total. The van der Waals surface area contributed by atoms with Gasteiger partial charge in [-0.15, -0.1) is 0 Å². The molecule has 0 amide bonds. The first-order valence-electron chi connectivity index (χ1n) is 10.2. The molecule has 2 atom stereocenters. The fraction of sp³-hybridized carbons (Fsp3) is 0.208. The predicted molar refractivity (Wildman–Crippen MR) is 118 cm³/mol. The standard InChI is InChI=1S/C24H20F2N4O2/c1-13-7-21-15(8-18(13)16-11-27-29(2)12-16)9-19(25)22(26)30(21)23-17-6-4-3-5-14(17)10-20(28-23)24(31)32/h3-8,10-12,19,22H,9H2,1-2H3,(H,31,32). The number of carbonyl (C=O) groups is 1. The number of aryl methyl sites for hydroxylation is 2. The summed E-state index contributed by atoms with van der Waals surface area (Å²) < 4.78 is 32.0. The molecular formula is C24H20F2N4O2. The Labute approximate surface area is 182 Å². The van der Waals surface area contributed by atoms with Crippen molar-refractivity contribution in [3.63, 3.8) is 0 Å². The number of hydrogen-bond donors (Lipinski definition) is 1. The molecule has 2 unspecified atom stereocenters. The minimum Gasteiger partial charge on any atom is -0.477 e. The van der Waals surface area contributed by atoms with E-state index in [2.05, 4.69) is 10.1 Å². The Hall–Kier alpha value is -3.81. The molecule has 0 bridgehead atoms. The van der Waals surface area contributed by atoms with E-state index in [9.17, 15) is 14.3 Å². The highest BCUT2D eigenvalue weighted by Gasteiger charge is 2.38. The Morgan fingerprint density at radius 1 is 1.19 bits per heavy atom. The van der Waals surface area contributed by atoms with Gasteiger partial charge >= 0.3 is 5.97 Å². The molecule has 8 heteroatoms. The van der Waals surface area contributed by atoms with Gasteiger partial charge < -0.3 is 5.11 Å². The van der Waals surface area contributed by atoms with Gasteiger partial charge in [0.25, 0.3) is 0 Å². The number of rotatable bonds is 3. The molecule has 162 valence electrons. The summed E-state index contributed by atoms with van der Waals surface area (Å²) in [4.78, 5) is 17.1. The Bertz CT molecular complexity index is 1370. The number of anilines is 2. The van der Waals surface area contributed by atoms with Crippen molar-refractivity contribution in [1.29, 1.82) is 0 Å². The van der Waals surface area contributed by atoms with Crippen LogP contribution in [0.25, 0.3) is 21.9 Å². The first kappa shape index (κ1) is 20.1. The normalized spacial score (nSPS) is 18.1. The van der Waals surface area contributed by atoms with Crippen LogP contribution >= 0.6 is 0 Å². The lowest BCUT2D eigenvalue weighted by molar-refractivity contribution is 0.0690. The van der Waals surface area contributed by atoms with Crippen molar-refractivity contribution in [2.24, 2.45) is 7.05 Å². The lowest BCUT2D eigenvalue weighted by Crippen LogP contribution is -2.41. The summed E-state index contributed by atoms with van der Waals surface area (Å²) in [5, 5.41) is 14.9. The van der Waals surface area contributed by atoms with Gasteiger partial charge in [-0.1, -0.05) is 24.3 Å². The van der Waals surface area contributed by atoms with E-state index < -0.39 is 18.4 Å². The Morgan fingerprint density at radius 3 is 2.69 bits per heavy atom. The summed E-state index contributed by atoms with van der Waals surface area (Å²) >= 11 is 0. The smallest absolute Gasteiger partial charge is 0.354 e. The van der Waals surface area contributed by atoms with Crippen molar-refractivity contribution in [1.82, 2.24) is 14.8 Å². The second-order valence-corrected chi connectivity index (χ2v) is 8.02. The molecule has 4 aromatic rings. The highest BCUT2D eigenvalue weighted by Crippen LogP contribution is 2.43. The highest BCUT2D eigenvalue weighted by molar-refractivity contribution is 5.99. The predicted octanol–water partition coefficient (Wildman–Crippen LogP) is 4.97. The van der Waals surface area contributed by atoms with Crippen LogP contribution in [0.5, 0.6) is 0 Å². The van der Waals surface area contributed by atoms with Crippen molar-refractivity contribution in [2.45, 2.75) is 25.8 Å². The zero-order chi connectivity index (χ0) is 22.6. The monoisotopic (exact) mass is 434 g/mol. The largest absolute Gasteiger partial charge is 0.477 e. The van der Waals surface area contributed by atoms with Crippen LogP contribution in [0.4, 0.5) is 20.3 Å². The maximum Gasteiger partial charge on any atom is 0.354 e. The summed E-state index contributed by atoms with van der Waals surface area (Å²) in [6, 6.07) is 12.1. The molecule has 1 aliphatic heterocycles. The van der Waals surface area contributed by atoms with Crippen LogP contribution in [0.1, 0.15) is 21.6 Å². The number of fused-ring (bicyclic) bond motifs is 2. The third-order valence-corrected chi connectivity index (χ3v) is 5.83. The molecule has 0 aliphatic carbocycles. The van der Waals surface area contributed by atoms with Gasteiger partial charge in [-0.25, -0.2) is 18.6 Å². The Morgan fingerprint density at radius 2 is 1.97 bits per heavy atom. The number of hydrogen-bond acceptors (Lipinski definition) is 4. The summed E-state index contributed by atoms with van der Waals surface area (Å²) in [5.74, 6) is -1.14. The summed E-state index contributed by atoms with van der Waals surface area (Å²) in [6.45, 7) is 1.90. The van der Waals surface area contributed by atoms with Crippen molar-refractivity contribution in [3.8, 4) is 11.1 Å². The zero-order valence-electron chi connectivity index (χ0n) is 17.5. The van der Waals surface area contributed by atoms with E-state index in [4.69, 9.17) is 0 Å². The van der Waals surface area contributed by atoms with E-state index >= 15 is 4.39 Å².